The Balaban J connectivity index is 1.49. The third-order valence-corrected chi connectivity index (χ3v) is 12.6. The van der Waals surface area contributed by atoms with E-state index < -0.39 is 49.8 Å². The number of ketones is 1. The summed E-state index contributed by atoms with van der Waals surface area (Å²) in [5.74, 6) is 0.925. The molecule has 5 rings (SSSR count). The number of aromatic amines is 1. The van der Waals surface area contributed by atoms with Crippen LogP contribution in [-0.4, -0.2) is 84.3 Å². The Morgan fingerprint density at radius 2 is 1.43 bits per heavy atom. The fraction of sp³-hybridized carbons (Fsp3) is 0.478. The second-order valence-electron chi connectivity index (χ2n) is 15.6. The monoisotopic (exact) mass is 861 g/mol. The van der Waals surface area contributed by atoms with Crippen LogP contribution >= 0.6 is 8.53 Å². The lowest BCUT2D eigenvalue weighted by Gasteiger charge is -2.39. The average molecular weight is 862 g/mol. The molecule has 0 amide bonds. The predicted molar refractivity (Wildman–Crippen MR) is 233 cm³/mol. The van der Waals surface area contributed by atoms with Crippen LogP contribution in [0.2, 0.25) is 0 Å². The van der Waals surface area contributed by atoms with Crippen LogP contribution < -0.4 is 20.7 Å². The van der Waals surface area contributed by atoms with Gasteiger partial charge in [0, 0.05) is 36.7 Å². The van der Waals surface area contributed by atoms with Crippen molar-refractivity contribution in [3.63, 3.8) is 0 Å². The van der Waals surface area contributed by atoms with Gasteiger partial charge in [0.05, 0.1) is 46.6 Å². The maximum absolute atomic E-state index is 13.3. The second-order valence-corrected chi connectivity index (χ2v) is 17.0. The van der Waals surface area contributed by atoms with Crippen LogP contribution in [0.15, 0.2) is 94.6 Å². The summed E-state index contributed by atoms with van der Waals surface area (Å²) >= 11 is 0. The van der Waals surface area contributed by atoms with Crippen molar-refractivity contribution in [1.82, 2.24) is 14.2 Å². The van der Waals surface area contributed by atoms with Crippen molar-refractivity contribution < 1.29 is 42.3 Å². The number of hydrogen-bond acceptors (Lipinski definition) is 12. The number of aromatic nitrogens is 2. The van der Waals surface area contributed by atoms with E-state index in [-0.39, 0.29) is 50.3 Å². The Morgan fingerprint density at radius 1 is 0.852 bits per heavy atom. The molecule has 330 valence electrons. The van der Waals surface area contributed by atoms with Crippen LogP contribution in [0.5, 0.6) is 11.5 Å². The first kappa shape index (κ1) is 47.4. The molecule has 1 aromatic heterocycles. The van der Waals surface area contributed by atoms with Crippen LogP contribution in [0.1, 0.15) is 95.2 Å². The number of methoxy groups -OCH3 is 2. The first-order valence-corrected chi connectivity index (χ1v) is 21.9. The van der Waals surface area contributed by atoms with Crippen LogP contribution in [0.4, 0.5) is 0 Å². The summed E-state index contributed by atoms with van der Waals surface area (Å²) in [7, 11) is 1.55. The number of benzene rings is 3. The van der Waals surface area contributed by atoms with E-state index in [0.29, 0.717) is 36.5 Å². The minimum atomic E-state index is -1.70. The molecule has 0 spiro atoms. The molecule has 15 heteroatoms. The van der Waals surface area contributed by atoms with Gasteiger partial charge in [0.1, 0.15) is 35.2 Å². The molecule has 4 aromatic rings. The molecule has 14 nitrogen and oxygen atoms in total. The van der Waals surface area contributed by atoms with Gasteiger partial charge < -0.3 is 37.5 Å². The van der Waals surface area contributed by atoms with E-state index in [1.165, 1.54) is 17.7 Å². The van der Waals surface area contributed by atoms with Gasteiger partial charge in [0.25, 0.3) is 14.1 Å². The second kappa shape index (κ2) is 22.4. The maximum atomic E-state index is 13.3. The van der Waals surface area contributed by atoms with Crippen molar-refractivity contribution in [2.45, 2.75) is 110 Å². The fourth-order valence-corrected chi connectivity index (χ4v) is 9.13. The standard InChI is InChI=1S/C46H60N3O11P/c1-31(2)49(32(3)4)61(58-27-13-12-26-56-43(51)25-16-34(6)50)60-40-28-42(48-29-33(5)44(52)47-45(48)53)59-41(40)30-57-46(35-14-10-9-11-15-35,36-17-21-38(54-7)22-18-36)37-19-23-39(55-8)24-20-37/h9-11,14-15,17-24,29,31-32,40-42H,12-13,16,25-28,30H2,1-8H3,(H,47,52,53)/t40-,41+,42+,61?/m0/s1. The van der Waals surface area contributed by atoms with Gasteiger partial charge in [-0.05, 0) is 95.3 Å². The molecule has 4 atom stereocenters. The Hall–Kier alpha value is -4.69. The van der Waals surface area contributed by atoms with E-state index in [1.54, 1.807) is 21.1 Å². The number of unbranched alkanes of at least 4 members (excludes halogenated alkanes) is 1. The summed E-state index contributed by atoms with van der Waals surface area (Å²) in [5, 5.41) is 0. The van der Waals surface area contributed by atoms with Crippen molar-refractivity contribution in [2.24, 2.45) is 0 Å². The molecular formula is C46H60N3O11P. The zero-order valence-electron chi connectivity index (χ0n) is 36.5. The SMILES string of the molecule is COc1ccc(C(OC[C@H]2O[C@@H](n3cc(C)c(=O)[nH]c3=O)C[C@@H]2OP(OCCCCOC(=O)CCC(C)=O)N(C(C)C)C(C)C)(c2ccccc2)c2ccc(OC)cc2)cc1. The summed E-state index contributed by atoms with van der Waals surface area (Å²) in [6.45, 7) is 12.0. The summed E-state index contributed by atoms with van der Waals surface area (Å²) in [5.41, 5.74) is 0.688. The zero-order valence-corrected chi connectivity index (χ0v) is 37.4. The summed E-state index contributed by atoms with van der Waals surface area (Å²) < 4.78 is 47.6. The minimum absolute atomic E-state index is 0.0206. The number of nitrogens with zero attached hydrogens (tertiary/aromatic N) is 2. The molecule has 0 bridgehead atoms. The van der Waals surface area contributed by atoms with Crippen molar-refractivity contribution in [3.8, 4) is 11.5 Å². The van der Waals surface area contributed by atoms with E-state index in [0.717, 1.165) is 16.7 Å². The molecule has 1 saturated heterocycles. The third kappa shape index (κ3) is 12.2. The molecule has 1 fully saturated rings. The maximum Gasteiger partial charge on any atom is 0.330 e. The van der Waals surface area contributed by atoms with E-state index in [9.17, 15) is 19.2 Å². The third-order valence-electron chi connectivity index (χ3n) is 10.4. The first-order chi connectivity index (χ1) is 29.3. The summed E-state index contributed by atoms with van der Waals surface area (Å²) in [6, 6.07) is 25.5. The molecule has 1 aliphatic heterocycles. The molecule has 1 N–H and O–H groups in total. The normalized spacial score (nSPS) is 17.2. The van der Waals surface area contributed by atoms with Gasteiger partial charge in [0.2, 0.25) is 0 Å². The minimum Gasteiger partial charge on any atom is -0.497 e. The number of H-pyrrole nitrogens is 1. The Morgan fingerprint density at radius 3 is 1.98 bits per heavy atom. The van der Waals surface area contributed by atoms with E-state index in [4.69, 9.17) is 32.7 Å². The Labute approximate surface area is 359 Å². The first-order valence-electron chi connectivity index (χ1n) is 20.8. The molecular weight excluding hydrogens is 801 g/mol. The number of aryl methyl sites for hydroxylation is 1. The van der Waals surface area contributed by atoms with Gasteiger partial charge >= 0.3 is 11.7 Å². The van der Waals surface area contributed by atoms with Crippen LogP contribution in [0.25, 0.3) is 0 Å². The molecule has 1 aliphatic rings. The van der Waals surface area contributed by atoms with E-state index in [1.807, 2.05) is 78.9 Å². The summed E-state index contributed by atoms with van der Waals surface area (Å²) in [6.07, 6.45) is 1.01. The molecule has 61 heavy (non-hydrogen) atoms. The Kier molecular flexibility index (Phi) is 17.4. The molecule has 0 saturated carbocycles. The van der Waals surface area contributed by atoms with Crippen LogP contribution in [-0.2, 0) is 38.4 Å². The number of hydrogen-bond donors (Lipinski definition) is 1. The summed E-state index contributed by atoms with van der Waals surface area (Å²) in [4.78, 5) is 51.4. The van der Waals surface area contributed by atoms with Crippen molar-refractivity contribution in [2.75, 3.05) is 34.0 Å². The van der Waals surface area contributed by atoms with Gasteiger partial charge in [-0.25, -0.2) is 9.46 Å². The number of ether oxygens (including phenoxy) is 5. The molecule has 1 unspecified atom stereocenters. The van der Waals surface area contributed by atoms with Gasteiger partial charge in [-0.2, -0.15) is 0 Å². The number of esters is 1. The lowest BCUT2D eigenvalue weighted by Crippen LogP contribution is -2.39. The van der Waals surface area contributed by atoms with Crippen molar-refractivity contribution in [3.05, 3.63) is 128 Å². The smallest absolute Gasteiger partial charge is 0.330 e. The van der Waals surface area contributed by atoms with Gasteiger partial charge in [0.15, 0.2) is 0 Å². The number of rotatable bonds is 23. The number of carbonyl (C=O) groups is 2. The van der Waals surface area contributed by atoms with Gasteiger partial charge in [-0.15, -0.1) is 0 Å². The largest absolute Gasteiger partial charge is 0.497 e. The molecule has 2 heterocycles. The molecule has 0 radical (unpaired) electrons. The lowest BCUT2D eigenvalue weighted by molar-refractivity contribution is -0.144. The van der Waals surface area contributed by atoms with E-state index >= 15 is 0 Å². The predicted octanol–water partition coefficient (Wildman–Crippen LogP) is 7.60. The fourth-order valence-electron chi connectivity index (χ4n) is 7.34. The van der Waals surface area contributed by atoms with Crippen molar-refractivity contribution >= 4 is 20.3 Å². The van der Waals surface area contributed by atoms with Gasteiger partial charge in [-0.1, -0.05) is 54.6 Å². The number of carbonyl (C=O) groups excluding carboxylic acids is 2. The average Bonchev–Trinajstić information content (AvgIpc) is 3.65. The lowest BCUT2D eigenvalue weighted by atomic mass is 9.80. The zero-order chi connectivity index (χ0) is 44.1. The van der Waals surface area contributed by atoms with Gasteiger partial charge in [-0.3, -0.25) is 19.1 Å². The number of nitrogens with one attached hydrogen (secondary N) is 1. The van der Waals surface area contributed by atoms with E-state index in [2.05, 4.69) is 37.3 Å². The highest BCUT2D eigenvalue weighted by Gasteiger charge is 2.45. The molecule has 3 aromatic carbocycles. The molecule has 0 aliphatic carbocycles. The van der Waals surface area contributed by atoms with Crippen molar-refractivity contribution in [1.29, 1.82) is 0 Å². The topological polar surface area (TPSA) is 157 Å². The highest BCUT2D eigenvalue weighted by atomic mass is 31.2. The van der Waals surface area contributed by atoms with Crippen LogP contribution in [0, 0.1) is 6.92 Å². The highest BCUT2D eigenvalue weighted by Crippen LogP contribution is 2.51. The number of Topliss-reactive ketones (excluding diaryl/α,β-unsaturated/α-hetero) is 1. The Bertz CT molecular complexity index is 2070. The van der Waals surface area contributed by atoms with Crippen LogP contribution in [0.3, 0.4) is 0 Å². The highest BCUT2D eigenvalue weighted by molar-refractivity contribution is 7.44. The quantitative estimate of drug-likeness (QED) is 0.0338.